The zero-order valence-electron chi connectivity index (χ0n) is 10.6. The number of carbonyl (C=O) groups is 1. The number of hydrogen-bond acceptors (Lipinski definition) is 3. The van der Waals surface area contributed by atoms with E-state index >= 15 is 0 Å². The van der Waals surface area contributed by atoms with Gasteiger partial charge in [-0.05, 0) is 39.0 Å². The lowest BCUT2D eigenvalue weighted by atomic mass is 10.1. The van der Waals surface area contributed by atoms with Gasteiger partial charge in [0, 0.05) is 6.61 Å². The standard InChI is InChI=1S/C13H16F2O3/c1-4-17-9(3)18-8(2)13(16)11-7-10(14)5-6-12(11)15/h5-9H,4H2,1-3H3/t8-,9?/m1/s1. The Morgan fingerprint density at radius 3 is 2.61 bits per heavy atom. The summed E-state index contributed by atoms with van der Waals surface area (Å²) in [6.07, 6.45) is -1.48. The van der Waals surface area contributed by atoms with E-state index in [-0.39, 0.29) is 5.56 Å². The molecule has 0 saturated heterocycles. The molecular weight excluding hydrogens is 242 g/mol. The van der Waals surface area contributed by atoms with Crippen molar-refractivity contribution in [3.8, 4) is 0 Å². The maximum Gasteiger partial charge on any atom is 0.194 e. The summed E-state index contributed by atoms with van der Waals surface area (Å²) >= 11 is 0. The molecule has 0 N–H and O–H groups in total. The molecule has 3 nitrogen and oxygen atoms in total. The fourth-order valence-electron chi connectivity index (χ4n) is 1.53. The molecule has 1 rings (SSSR count). The summed E-state index contributed by atoms with van der Waals surface area (Å²) < 4.78 is 36.7. The lowest BCUT2D eigenvalue weighted by Gasteiger charge is -2.18. The average molecular weight is 258 g/mol. The molecule has 0 aromatic heterocycles. The first-order chi connectivity index (χ1) is 8.45. The van der Waals surface area contributed by atoms with Crippen LogP contribution >= 0.6 is 0 Å². The molecule has 100 valence electrons. The average Bonchev–Trinajstić information content (AvgIpc) is 2.31. The van der Waals surface area contributed by atoms with E-state index in [0.29, 0.717) is 6.61 Å². The monoisotopic (exact) mass is 258 g/mol. The Kier molecular flexibility index (Phi) is 5.37. The third-order valence-corrected chi connectivity index (χ3v) is 2.36. The molecule has 0 aliphatic carbocycles. The molecule has 0 amide bonds. The first kappa shape index (κ1) is 14.7. The Balaban J connectivity index is 2.77. The second-order valence-corrected chi connectivity index (χ2v) is 3.79. The predicted molar refractivity (Wildman–Crippen MR) is 62.3 cm³/mol. The number of Topliss-reactive ketones (excluding diaryl/α,β-unsaturated/α-hetero) is 1. The molecular formula is C13H16F2O3. The first-order valence-corrected chi connectivity index (χ1v) is 5.72. The van der Waals surface area contributed by atoms with Gasteiger partial charge in [0.1, 0.15) is 17.7 Å². The smallest absolute Gasteiger partial charge is 0.194 e. The summed E-state index contributed by atoms with van der Waals surface area (Å²) in [6, 6.07) is 2.74. The van der Waals surface area contributed by atoms with E-state index in [1.165, 1.54) is 6.92 Å². The normalized spacial score (nSPS) is 14.3. The van der Waals surface area contributed by atoms with Gasteiger partial charge in [0.05, 0.1) is 5.56 Å². The number of benzene rings is 1. The van der Waals surface area contributed by atoms with E-state index in [1.54, 1.807) is 13.8 Å². The van der Waals surface area contributed by atoms with Crippen molar-refractivity contribution < 1.29 is 23.0 Å². The van der Waals surface area contributed by atoms with Gasteiger partial charge in [-0.1, -0.05) is 0 Å². The van der Waals surface area contributed by atoms with Gasteiger partial charge in [-0.2, -0.15) is 0 Å². The van der Waals surface area contributed by atoms with E-state index in [4.69, 9.17) is 9.47 Å². The topological polar surface area (TPSA) is 35.5 Å². The van der Waals surface area contributed by atoms with Crippen molar-refractivity contribution in [1.29, 1.82) is 0 Å². The van der Waals surface area contributed by atoms with Gasteiger partial charge in [0.15, 0.2) is 12.1 Å². The van der Waals surface area contributed by atoms with Gasteiger partial charge < -0.3 is 9.47 Å². The molecule has 5 heteroatoms. The highest BCUT2D eigenvalue weighted by Crippen LogP contribution is 2.14. The van der Waals surface area contributed by atoms with Crippen molar-refractivity contribution in [2.45, 2.75) is 33.2 Å². The zero-order chi connectivity index (χ0) is 13.7. The molecule has 0 aliphatic rings. The van der Waals surface area contributed by atoms with Gasteiger partial charge in [0.2, 0.25) is 0 Å². The molecule has 1 aromatic carbocycles. The molecule has 18 heavy (non-hydrogen) atoms. The number of halogens is 2. The highest BCUT2D eigenvalue weighted by Gasteiger charge is 2.22. The molecule has 0 spiro atoms. The molecule has 1 unspecified atom stereocenters. The molecule has 0 heterocycles. The summed E-state index contributed by atoms with van der Waals surface area (Å²) in [6.45, 7) is 5.34. The van der Waals surface area contributed by atoms with Crippen molar-refractivity contribution in [3.05, 3.63) is 35.4 Å². The molecule has 0 bridgehead atoms. The van der Waals surface area contributed by atoms with Gasteiger partial charge in [-0.15, -0.1) is 0 Å². The number of hydrogen-bond donors (Lipinski definition) is 0. The van der Waals surface area contributed by atoms with Crippen molar-refractivity contribution in [3.63, 3.8) is 0 Å². The van der Waals surface area contributed by atoms with Crippen LogP contribution in [0.5, 0.6) is 0 Å². The minimum Gasteiger partial charge on any atom is -0.353 e. The Morgan fingerprint density at radius 2 is 2.00 bits per heavy atom. The van der Waals surface area contributed by atoms with Gasteiger partial charge >= 0.3 is 0 Å². The minimum absolute atomic E-state index is 0.314. The number of ether oxygens (including phenoxy) is 2. The summed E-state index contributed by atoms with van der Waals surface area (Å²) in [5, 5.41) is 0. The summed E-state index contributed by atoms with van der Waals surface area (Å²) in [4.78, 5) is 11.9. The van der Waals surface area contributed by atoms with Crippen molar-refractivity contribution in [2.24, 2.45) is 0 Å². The highest BCUT2D eigenvalue weighted by atomic mass is 19.1. The maximum absolute atomic E-state index is 13.4. The molecule has 0 radical (unpaired) electrons. The van der Waals surface area contributed by atoms with Gasteiger partial charge in [-0.3, -0.25) is 4.79 Å². The first-order valence-electron chi connectivity index (χ1n) is 5.72. The maximum atomic E-state index is 13.4. The largest absolute Gasteiger partial charge is 0.353 e. The zero-order valence-corrected chi connectivity index (χ0v) is 10.6. The Morgan fingerprint density at radius 1 is 1.33 bits per heavy atom. The lowest BCUT2D eigenvalue weighted by molar-refractivity contribution is -0.142. The Hall–Kier alpha value is -1.33. The van der Waals surface area contributed by atoms with Crippen LogP contribution in [0.3, 0.4) is 0 Å². The highest BCUT2D eigenvalue weighted by molar-refractivity contribution is 5.99. The Bertz CT molecular complexity index is 421. The van der Waals surface area contributed by atoms with Gasteiger partial charge in [0.25, 0.3) is 0 Å². The SMILES string of the molecule is CCOC(C)O[C@H](C)C(=O)c1cc(F)ccc1F. The lowest BCUT2D eigenvalue weighted by Crippen LogP contribution is -2.27. The predicted octanol–water partition coefficient (Wildman–Crippen LogP) is 2.94. The second kappa shape index (κ2) is 6.56. The molecule has 0 saturated carbocycles. The molecule has 1 aromatic rings. The summed E-state index contributed by atoms with van der Waals surface area (Å²) in [5.41, 5.74) is -0.314. The number of rotatable bonds is 6. The van der Waals surface area contributed by atoms with E-state index in [0.717, 1.165) is 18.2 Å². The third-order valence-electron chi connectivity index (χ3n) is 2.36. The van der Waals surface area contributed by atoms with Crippen LogP contribution in [0.25, 0.3) is 0 Å². The minimum atomic E-state index is -0.900. The van der Waals surface area contributed by atoms with Crippen LogP contribution in [-0.4, -0.2) is 24.8 Å². The van der Waals surface area contributed by atoms with E-state index < -0.39 is 29.8 Å². The summed E-state index contributed by atoms with van der Waals surface area (Å²) in [5.74, 6) is -2.04. The Labute approximate surface area is 105 Å². The fourth-order valence-corrected chi connectivity index (χ4v) is 1.53. The fraction of sp³-hybridized carbons (Fsp3) is 0.462. The van der Waals surface area contributed by atoms with Crippen LogP contribution in [0.15, 0.2) is 18.2 Å². The molecule has 0 fully saturated rings. The van der Waals surface area contributed by atoms with Crippen molar-refractivity contribution in [2.75, 3.05) is 6.61 Å². The number of carbonyl (C=O) groups excluding carboxylic acids is 1. The van der Waals surface area contributed by atoms with Crippen molar-refractivity contribution >= 4 is 5.78 Å². The van der Waals surface area contributed by atoms with Crippen LogP contribution in [0.2, 0.25) is 0 Å². The second-order valence-electron chi connectivity index (χ2n) is 3.79. The van der Waals surface area contributed by atoms with Crippen LogP contribution in [0, 0.1) is 11.6 Å². The molecule has 2 atom stereocenters. The summed E-state index contributed by atoms with van der Waals surface area (Å²) in [7, 11) is 0. The third kappa shape index (κ3) is 3.85. The van der Waals surface area contributed by atoms with Crippen LogP contribution < -0.4 is 0 Å². The van der Waals surface area contributed by atoms with Crippen LogP contribution in [0.4, 0.5) is 8.78 Å². The quantitative estimate of drug-likeness (QED) is 0.581. The van der Waals surface area contributed by atoms with E-state index in [2.05, 4.69) is 0 Å². The van der Waals surface area contributed by atoms with E-state index in [1.807, 2.05) is 0 Å². The van der Waals surface area contributed by atoms with Gasteiger partial charge in [-0.25, -0.2) is 8.78 Å². The van der Waals surface area contributed by atoms with Crippen LogP contribution in [-0.2, 0) is 9.47 Å². The van der Waals surface area contributed by atoms with E-state index in [9.17, 15) is 13.6 Å². The molecule has 0 aliphatic heterocycles. The number of ketones is 1. The van der Waals surface area contributed by atoms with Crippen LogP contribution in [0.1, 0.15) is 31.1 Å². The van der Waals surface area contributed by atoms with Crippen molar-refractivity contribution in [1.82, 2.24) is 0 Å².